The molecule has 4 nitrogen and oxygen atoms in total. The highest BCUT2D eigenvalue weighted by Crippen LogP contribution is 2.34. The van der Waals surface area contributed by atoms with Crippen molar-refractivity contribution in [2.45, 2.75) is 13.0 Å². The van der Waals surface area contributed by atoms with Gasteiger partial charge >= 0.3 is 0 Å². The van der Waals surface area contributed by atoms with Crippen LogP contribution in [0.2, 0.25) is 0 Å². The van der Waals surface area contributed by atoms with Crippen LogP contribution in [0.3, 0.4) is 0 Å². The number of rotatable bonds is 5. The second-order valence-electron chi connectivity index (χ2n) is 6.10. The predicted octanol–water partition coefficient (Wildman–Crippen LogP) is 2.69. The minimum atomic E-state index is 0.299. The van der Waals surface area contributed by atoms with Crippen LogP contribution < -0.4 is 4.90 Å². The summed E-state index contributed by atoms with van der Waals surface area (Å²) in [5.41, 5.74) is 2.28. The van der Waals surface area contributed by atoms with E-state index in [4.69, 9.17) is 4.98 Å². The summed E-state index contributed by atoms with van der Waals surface area (Å²) >= 11 is 1.77. The summed E-state index contributed by atoms with van der Waals surface area (Å²) in [5, 5.41) is 10.4. The second-order valence-corrected chi connectivity index (χ2v) is 7.16. The van der Waals surface area contributed by atoms with Gasteiger partial charge in [-0.05, 0) is 18.9 Å². The third kappa shape index (κ3) is 3.32. The van der Waals surface area contributed by atoms with Crippen molar-refractivity contribution in [2.24, 2.45) is 5.92 Å². The van der Waals surface area contributed by atoms with E-state index in [9.17, 15) is 5.11 Å². The summed E-state index contributed by atoms with van der Waals surface area (Å²) in [6.07, 6.45) is 1.09. The lowest BCUT2D eigenvalue weighted by molar-refractivity contribution is 0.220. The monoisotopic (exact) mass is 317 g/mol. The highest BCUT2D eigenvalue weighted by atomic mass is 32.1. The quantitative estimate of drug-likeness (QED) is 0.920. The SMILES string of the molecule is CN(C)c1nc(-c2ccccc2)c(CN2CCC(CO)C2)s1. The molecule has 1 aromatic carbocycles. The van der Waals surface area contributed by atoms with E-state index in [-0.39, 0.29) is 0 Å². The third-order valence-electron chi connectivity index (χ3n) is 4.11. The van der Waals surface area contributed by atoms with Crippen LogP contribution in [0.15, 0.2) is 30.3 Å². The number of hydrogen-bond donors (Lipinski definition) is 1. The second kappa shape index (κ2) is 6.77. The Kier molecular flexibility index (Phi) is 4.76. The summed E-state index contributed by atoms with van der Waals surface area (Å²) in [7, 11) is 4.07. The van der Waals surface area contributed by atoms with Crippen LogP contribution in [0.25, 0.3) is 11.3 Å². The van der Waals surface area contributed by atoms with Gasteiger partial charge in [-0.1, -0.05) is 41.7 Å². The fourth-order valence-corrected chi connectivity index (χ4v) is 3.92. The molecule has 3 rings (SSSR count). The summed E-state index contributed by atoms with van der Waals surface area (Å²) < 4.78 is 0. The molecule has 1 aromatic heterocycles. The molecule has 0 aliphatic carbocycles. The van der Waals surface area contributed by atoms with Crippen LogP contribution in [0.1, 0.15) is 11.3 Å². The van der Waals surface area contributed by atoms with E-state index in [1.54, 1.807) is 11.3 Å². The first-order valence-electron chi connectivity index (χ1n) is 7.73. The molecule has 118 valence electrons. The number of nitrogens with zero attached hydrogens (tertiary/aromatic N) is 3. The van der Waals surface area contributed by atoms with Crippen LogP contribution in [0.4, 0.5) is 5.13 Å². The lowest BCUT2D eigenvalue weighted by Crippen LogP contribution is -2.20. The van der Waals surface area contributed by atoms with E-state index in [2.05, 4.69) is 34.1 Å². The normalized spacial score (nSPS) is 18.8. The Hall–Kier alpha value is -1.43. The number of aromatic nitrogens is 1. The van der Waals surface area contributed by atoms with Gasteiger partial charge in [0.15, 0.2) is 5.13 Å². The Labute approximate surface area is 136 Å². The number of hydrogen-bond acceptors (Lipinski definition) is 5. The average molecular weight is 317 g/mol. The van der Waals surface area contributed by atoms with Crippen molar-refractivity contribution >= 4 is 16.5 Å². The lowest BCUT2D eigenvalue weighted by Gasteiger charge is -2.15. The van der Waals surface area contributed by atoms with Crippen LogP contribution in [0, 0.1) is 5.92 Å². The van der Waals surface area contributed by atoms with E-state index in [0.29, 0.717) is 12.5 Å². The molecule has 0 radical (unpaired) electrons. The van der Waals surface area contributed by atoms with Crippen molar-refractivity contribution < 1.29 is 5.11 Å². The minimum Gasteiger partial charge on any atom is -0.396 e. The van der Waals surface area contributed by atoms with Crippen LogP contribution >= 0.6 is 11.3 Å². The van der Waals surface area contributed by atoms with E-state index in [1.165, 1.54) is 10.4 Å². The predicted molar refractivity (Wildman–Crippen MR) is 92.3 cm³/mol. The number of aliphatic hydroxyl groups is 1. The van der Waals surface area contributed by atoms with Gasteiger partial charge in [-0.15, -0.1) is 0 Å². The molecule has 2 heterocycles. The Balaban J connectivity index is 1.86. The molecule has 0 bridgehead atoms. The standard InChI is InChI=1S/C17H23N3OS/c1-19(2)17-18-16(14-6-4-3-5-7-14)15(22-17)11-20-9-8-13(10-20)12-21/h3-7,13,21H,8-12H2,1-2H3. The van der Waals surface area contributed by atoms with Gasteiger partial charge in [0.05, 0.1) is 5.69 Å². The molecular weight excluding hydrogens is 294 g/mol. The molecule has 1 atom stereocenters. The molecule has 2 aromatic rings. The third-order valence-corrected chi connectivity index (χ3v) is 5.32. The number of benzene rings is 1. The van der Waals surface area contributed by atoms with Gasteiger partial charge in [-0.2, -0.15) is 0 Å². The maximum Gasteiger partial charge on any atom is 0.185 e. The van der Waals surface area contributed by atoms with Gasteiger partial charge in [0.1, 0.15) is 0 Å². The Morgan fingerprint density at radius 1 is 1.32 bits per heavy atom. The van der Waals surface area contributed by atoms with Gasteiger partial charge in [0.25, 0.3) is 0 Å². The fraction of sp³-hybridized carbons (Fsp3) is 0.471. The molecule has 1 saturated heterocycles. The molecule has 1 aliphatic rings. The molecule has 1 aliphatic heterocycles. The first kappa shape index (κ1) is 15.5. The van der Waals surface area contributed by atoms with Gasteiger partial charge in [0, 0.05) is 44.2 Å². The van der Waals surface area contributed by atoms with E-state index >= 15 is 0 Å². The van der Waals surface area contributed by atoms with Crippen LogP contribution in [-0.4, -0.2) is 48.8 Å². The fourth-order valence-electron chi connectivity index (χ4n) is 2.87. The lowest BCUT2D eigenvalue weighted by atomic mass is 10.1. The first-order chi connectivity index (χ1) is 10.7. The highest BCUT2D eigenvalue weighted by Gasteiger charge is 2.24. The Morgan fingerprint density at radius 2 is 2.09 bits per heavy atom. The van der Waals surface area contributed by atoms with Crippen LogP contribution in [0.5, 0.6) is 0 Å². The number of likely N-dealkylation sites (tertiary alicyclic amines) is 1. The zero-order chi connectivity index (χ0) is 15.5. The number of thiazole rings is 1. The van der Waals surface area contributed by atoms with E-state index in [0.717, 1.165) is 36.9 Å². The van der Waals surface area contributed by atoms with Gasteiger partial charge in [-0.25, -0.2) is 4.98 Å². The average Bonchev–Trinajstić information content (AvgIpc) is 3.15. The van der Waals surface area contributed by atoms with Crippen molar-refractivity contribution in [1.82, 2.24) is 9.88 Å². The Bertz CT molecular complexity index is 612. The summed E-state index contributed by atoms with van der Waals surface area (Å²) in [6, 6.07) is 10.4. The van der Waals surface area contributed by atoms with Crippen molar-refractivity contribution in [1.29, 1.82) is 0 Å². The van der Waals surface area contributed by atoms with Gasteiger partial charge in [-0.3, -0.25) is 4.90 Å². The van der Waals surface area contributed by atoms with Gasteiger partial charge in [0.2, 0.25) is 0 Å². The topological polar surface area (TPSA) is 39.6 Å². The molecular formula is C17H23N3OS. The largest absolute Gasteiger partial charge is 0.396 e. The zero-order valence-corrected chi connectivity index (χ0v) is 14.0. The molecule has 5 heteroatoms. The highest BCUT2D eigenvalue weighted by molar-refractivity contribution is 7.16. The molecule has 22 heavy (non-hydrogen) atoms. The van der Waals surface area contributed by atoms with Crippen molar-refractivity contribution in [3.63, 3.8) is 0 Å². The zero-order valence-electron chi connectivity index (χ0n) is 13.2. The molecule has 1 N–H and O–H groups in total. The minimum absolute atomic E-state index is 0.299. The first-order valence-corrected chi connectivity index (χ1v) is 8.54. The summed E-state index contributed by atoms with van der Waals surface area (Å²) in [5.74, 6) is 0.432. The molecule has 1 unspecified atom stereocenters. The number of anilines is 1. The van der Waals surface area contributed by atoms with E-state index in [1.807, 2.05) is 20.2 Å². The molecule has 0 saturated carbocycles. The number of aliphatic hydroxyl groups excluding tert-OH is 1. The maximum atomic E-state index is 9.32. The maximum absolute atomic E-state index is 9.32. The van der Waals surface area contributed by atoms with Crippen molar-refractivity contribution in [3.8, 4) is 11.3 Å². The van der Waals surface area contributed by atoms with Crippen molar-refractivity contribution in [3.05, 3.63) is 35.2 Å². The van der Waals surface area contributed by atoms with E-state index < -0.39 is 0 Å². The summed E-state index contributed by atoms with van der Waals surface area (Å²) in [4.78, 5) is 10.6. The molecule has 0 spiro atoms. The van der Waals surface area contributed by atoms with Crippen molar-refractivity contribution in [2.75, 3.05) is 38.7 Å². The van der Waals surface area contributed by atoms with Gasteiger partial charge < -0.3 is 10.0 Å². The molecule has 0 amide bonds. The Morgan fingerprint density at radius 3 is 2.73 bits per heavy atom. The molecule has 1 fully saturated rings. The van der Waals surface area contributed by atoms with Crippen LogP contribution in [-0.2, 0) is 6.54 Å². The summed E-state index contributed by atoms with van der Waals surface area (Å²) in [6.45, 7) is 3.27. The smallest absolute Gasteiger partial charge is 0.185 e.